The predicted molar refractivity (Wildman–Crippen MR) is 44.6 cm³/mol. The zero-order chi connectivity index (χ0) is 7.23. The molecule has 0 aliphatic carbocycles. The Morgan fingerprint density at radius 2 is 2.00 bits per heavy atom. The Morgan fingerprint density at radius 1 is 1.30 bits per heavy atom. The van der Waals surface area contributed by atoms with Crippen LogP contribution in [0.15, 0.2) is 30.3 Å². The summed E-state index contributed by atoms with van der Waals surface area (Å²) in [6, 6.07) is 10.1. The van der Waals surface area contributed by atoms with Crippen molar-refractivity contribution in [1.82, 2.24) is 0 Å². The SMILES string of the molecule is CCO[P-]c1ccccc1. The lowest BCUT2D eigenvalue weighted by Crippen LogP contribution is -1.92. The highest BCUT2D eigenvalue weighted by Gasteiger charge is 1.72. The van der Waals surface area contributed by atoms with E-state index in [4.69, 9.17) is 4.52 Å². The normalized spacial score (nSPS) is 10.9. The summed E-state index contributed by atoms with van der Waals surface area (Å²) >= 11 is 0. The van der Waals surface area contributed by atoms with Crippen LogP contribution in [0.5, 0.6) is 0 Å². The maximum Gasteiger partial charge on any atom is 0.00879 e. The molecule has 1 nitrogen and oxygen atoms in total. The summed E-state index contributed by atoms with van der Waals surface area (Å²) in [4.78, 5) is 0. The number of hydrogen-bond acceptors (Lipinski definition) is 1. The van der Waals surface area contributed by atoms with Crippen LogP contribution in [0.2, 0.25) is 0 Å². The summed E-state index contributed by atoms with van der Waals surface area (Å²) in [5.41, 5.74) is 0. The lowest BCUT2D eigenvalue weighted by Gasteiger charge is -2.17. The van der Waals surface area contributed by atoms with Gasteiger partial charge in [-0.05, 0) is 6.92 Å². The quantitative estimate of drug-likeness (QED) is 0.605. The van der Waals surface area contributed by atoms with Gasteiger partial charge in [0.1, 0.15) is 0 Å². The van der Waals surface area contributed by atoms with E-state index >= 15 is 0 Å². The summed E-state index contributed by atoms with van der Waals surface area (Å²) in [5.74, 6) is 0. The molecule has 0 amide bonds. The van der Waals surface area contributed by atoms with Crippen LogP contribution in [0.25, 0.3) is 0 Å². The molecule has 0 spiro atoms. The Balaban J connectivity index is 2.43. The molecule has 0 fully saturated rings. The first-order valence-corrected chi connectivity index (χ1v) is 4.13. The van der Waals surface area contributed by atoms with Crippen molar-refractivity contribution in [3.8, 4) is 0 Å². The van der Waals surface area contributed by atoms with E-state index in [0.29, 0.717) is 0 Å². The minimum absolute atomic E-state index is 0.774. The maximum atomic E-state index is 5.19. The minimum Gasteiger partial charge on any atom is -0.553 e. The number of benzene rings is 1. The van der Waals surface area contributed by atoms with Gasteiger partial charge in [-0.1, -0.05) is 30.3 Å². The van der Waals surface area contributed by atoms with Crippen molar-refractivity contribution >= 4 is 14.1 Å². The minimum atomic E-state index is 0.774. The largest absolute Gasteiger partial charge is 0.553 e. The zero-order valence-corrected chi connectivity index (χ0v) is 6.84. The first-order chi connectivity index (χ1) is 4.93. The molecule has 2 heteroatoms. The first kappa shape index (κ1) is 7.71. The van der Waals surface area contributed by atoms with Crippen molar-refractivity contribution in [2.24, 2.45) is 0 Å². The highest BCUT2D eigenvalue weighted by atomic mass is 31.1. The van der Waals surface area contributed by atoms with Crippen molar-refractivity contribution in [2.45, 2.75) is 6.92 Å². The van der Waals surface area contributed by atoms with Gasteiger partial charge in [0.05, 0.1) is 0 Å². The molecule has 0 bridgehead atoms. The molecule has 10 heavy (non-hydrogen) atoms. The predicted octanol–water partition coefficient (Wildman–Crippen LogP) is 2.21. The van der Waals surface area contributed by atoms with Crippen LogP contribution in [0, 0.1) is 0 Å². The fraction of sp³-hybridized carbons (Fsp3) is 0.250. The van der Waals surface area contributed by atoms with Gasteiger partial charge in [0.2, 0.25) is 0 Å². The van der Waals surface area contributed by atoms with Crippen LogP contribution < -0.4 is 5.30 Å². The van der Waals surface area contributed by atoms with Crippen LogP contribution in [0.4, 0.5) is 0 Å². The van der Waals surface area contributed by atoms with E-state index < -0.39 is 0 Å². The molecule has 0 saturated heterocycles. The fourth-order valence-corrected chi connectivity index (χ4v) is 1.20. The monoisotopic (exact) mass is 153 g/mol. The number of rotatable bonds is 3. The van der Waals surface area contributed by atoms with Gasteiger partial charge >= 0.3 is 0 Å². The number of hydrogen-bond donors (Lipinski definition) is 0. The van der Waals surface area contributed by atoms with Gasteiger partial charge in [-0.3, -0.25) is 0 Å². The van der Waals surface area contributed by atoms with Crippen molar-refractivity contribution < 1.29 is 4.52 Å². The van der Waals surface area contributed by atoms with E-state index in [1.807, 2.05) is 25.1 Å². The van der Waals surface area contributed by atoms with Gasteiger partial charge in [0.25, 0.3) is 0 Å². The Labute approximate surface area is 63.3 Å². The third-order valence-corrected chi connectivity index (χ3v) is 1.95. The van der Waals surface area contributed by atoms with Crippen molar-refractivity contribution in [3.05, 3.63) is 30.3 Å². The van der Waals surface area contributed by atoms with Gasteiger partial charge < -0.3 is 13.3 Å². The van der Waals surface area contributed by atoms with Crippen LogP contribution in [-0.2, 0) is 4.52 Å². The zero-order valence-electron chi connectivity index (χ0n) is 5.95. The van der Waals surface area contributed by atoms with E-state index in [1.165, 1.54) is 5.30 Å². The van der Waals surface area contributed by atoms with Gasteiger partial charge in [-0.15, -0.1) is 0 Å². The Bertz CT molecular complexity index is 174. The topological polar surface area (TPSA) is 9.23 Å². The molecule has 0 aliphatic heterocycles. The van der Waals surface area contributed by atoms with Gasteiger partial charge in [-0.2, -0.15) is 5.30 Å². The molecular weight excluding hydrogens is 143 g/mol. The summed E-state index contributed by atoms with van der Waals surface area (Å²) < 4.78 is 5.19. The first-order valence-electron chi connectivity index (χ1n) is 3.31. The second-order valence-corrected chi connectivity index (χ2v) is 2.80. The molecule has 0 radical (unpaired) electrons. The van der Waals surface area contributed by atoms with E-state index in [2.05, 4.69) is 12.1 Å². The Morgan fingerprint density at radius 3 is 2.60 bits per heavy atom. The summed E-state index contributed by atoms with van der Waals surface area (Å²) in [6.07, 6.45) is 0. The molecule has 0 saturated carbocycles. The van der Waals surface area contributed by atoms with Crippen LogP contribution in [0.3, 0.4) is 0 Å². The summed E-state index contributed by atoms with van der Waals surface area (Å²) in [7, 11) is 0.962. The van der Waals surface area contributed by atoms with E-state index in [9.17, 15) is 0 Å². The van der Waals surface area contributed by atoms with Crippen molar-refractivity contribution in [1.29, 1.82) is 0 Å². The molecule has 0 atom stereocenters. The van der Waals surface area contributed by atoms with Crippen LogP contribution in [0.1, 0.15) is 6.92 Å². The highest BCUT2D eigenvalue weighted by Crippen LogP contribution is 2.09. The smallest absolute Gasteiger partial charge is 0.00879 e. The highest BCUT2D eigenvalue weighted by molar-refractivity contribution is 7.41. The lowest BCUT2D eigenvalue weighted by molar-refractivity contribution is 0.394. The third kappa shape index (κ3) is 2.47. The molecule has 1 rings (SSSR count). The standard InChI is InChI=1S/C8H10OP/c1-2-9-10-8-6-4-3-5-7-8/h3-7H,2H2,1H3/q-1. The van der Waals surface area contributed by atoms with Crippen molar-refractivity contribution in [3.63, 3.8) is 0 Å². The van der Waals surface area contributed by atoms with E-state index in [-0.39, 0.29) is 0 Å². The van der Waals surface area contributed by atoms with Gasteiger partial charge in [0, 0.05) is 6.61 Å². The molecule has 0 heterocycles. The third-order valence-electron chi connectivity index (χ3n) is 1.06. The molecular formula is C8H10OP-. The molecule has 0 unspecified atom stereocenters. The second kappa shape index (κ2) is 4.43. The maximum absolute atomic E-state index is 5.19. The average molecular weight is 153 g/mol. The molecule has 0 aromatic heterocycles. The summed E-state index contributed by atoms with van der Waals surface area (Å²) in [5, 5.41) is 1.21. The van der Waals surface area contributed by atoms with Gasteiger partial charge in [0.15, 0.2) is 0 Å². The molecule has 1 aromatic carbocycles. The molecule has 0 aliphatic rings. The Hall–Kier alpha value is -0.390. The van der Waals surface area contributed by atoms with E-state index in [1.54, 1.807) is 0 Å². The summed E-state index contributed by atoms with van der Waals surface area (Å²) in [6.45, 7) is 2.77. The molecule has 54 valence electrons. The van der Waals surface area contributed by atoms with Crippen molar-refractivity contribution in [2.75, 3.05) is 6.61 Å². The molecule has 0 N–H and O–H groups in total. The second-order valence-electron chi connectivity index (χ2n) is 1.84. The van der Waals surface area contributed by atoms with E-state index in [0.717, 1.165) is 15.4 Å². The lowest BCUT2D eigenvalue weighted by atomic mass is 10.4. The fourth-order valence-electron chi connectivity index (χ4n) is 0.628. The molecule has 1 aromatic rings. The average Bonchev–Trinajstić information content (AvgIpc) is 2.03. The van der Waals surface area contributed by atoms with Crippen LogP contribution in [-0.4, -0.2) is 6.61 Å². The van der Waals surface area contributed by atoms with Gasteiger partial charge in [-0.25, -0.2) is 0 Å². The van der Waals surface area contributed by atoms with Crippen LogP contribution >= 0.6 is 8.81 Å². The Kier molecular flexibility index (Phi) is 3.42.